The summed E-state index contributed by atoms with van der Waals surface area (Å²) < 4.78 is 7.38. The number of pyridine rings is 1. The molecule has 5 aromatic rings. The second kappa shape index (κ2) is 8.49. The number of piperazine rings is 1. The Hall–Kier alpha value is -4.72. The molecule has 1 aliphatic heterocycles. The van der Waals surface area contributed by atoms with Crippen LogP contribution in [0.3, 0.4) is 0 Å². The van der Waals surface area contributed by atoms with Gasteiger partial charge in [-0.3, -0.25) is 0 Å². The zero-order valence-electron chi connectivity index (χ0n) is 20.0. The van der Waals surface area contributed by atoms with E-state index < -0.39 is 0 Å². The minimum Gasteiger partial charge on any atom is -0.424 e. The van der Waals surface area contributed by atoms with Gasteiger partial charge in [0, 0.05) is 44.0 Å². The Balaban J connectivity index is 1.41. The molecule has 1 aromatic carbocycles. The number of rotatable bonds is 4. The van der Waals surface area contributed by atoms with Crippen LogP contribution in [0.25, 0.3) is 33.4 Å². The predicted octanol–water partition coefficient (Wildman–Crippen LogP) is 3.39. The molecule has 6 rings (SSSR count). The molecule has 0 saturated carbocycles. The lowest BCUT2D eigenvalue weighted by Gasteiger charge is -2.36. The number of oxazole rings is 1. The van der Waals surface area contributed by atoms with Crippen LogP contribution in [-0.2, 0) is 0 Å². The monoisotopic (exact) mass is 480 g/mol. The first kappa shape index (κ1) is 21.8. The topological polar surface area (TPSA) is 139 Å². The summed E-state index contributed by atoms with van der Waals surface area (Å²) in [4.78, 5) is 22.4. The lowest BCUT2D eigenvalue weighted by atomic mass is 10.1. The molecular weight excluding hydrogens is 456 g/mol. The first-order chi connectivity index (χ1) is 17.5. The quantitative estimate of drug-likeness (QED) is 0.407. The fraction of sp³-hybridized carbons (Fsp3) is 0.280. The van der Waals surface area contributed by atoms with Crippen molar-refractivity contribution >= 4 is 39.8 Å². The summed E-state index contributed by atoms with van der Waals surface area (Å²) in [6.07, 6.45) is 3.32. The standard InChI is InChI=1S/C25H24N10O/c1-15(2)35-24-20(21(32-35)16-5-6-19-18(12-16)31-25(27)36-19)23(29-14-30-24)34-10-8-33(9-11-34)22-17(13-26)4-3-7-28-22/h3-7,12,14-15H,8-11H2,1-2H3,(H2,27,31). The zero-order chi connectivity index (χ0) is 24.8. The molecule has 0 bridgehead atoms. The highest BCUT2D eigenvalue weighted by Crippen LogP contribution is 2.36. The number of hydrogen-bond acceptors (Lipinski definition) is 10. The van der Waals surface area contributed by atoms with Crippen molar-refractivity contribution in [2.24, 2.45) is 0 Å². The van der Waals surface area contributed by atoms with E-state index in [4.69, 9.17) is 20.2 Å². The maximum absolute atomic E-state index is 9.48. The van der Waals surface area contributed by atoms with Crippen LogP contribution < -0.4 is 15.5 Å². The van der Waals surface area contributed by atoms with Crippen molar-refractivity contribution in [3.05, 3.63) is 48.4 Å². The van der Waals surface area contributed by atoms with E-state index in [1.807, 2.05) is 22.9 Å². The van der Waals surface area contributed by atoms with Gasteiger partial charge in [-0.25, -0.2) is 19.6 Å². The Bertz CT molecular complexity index is 1620. The van der Waals surface area contributed by atoms with Crippen molar-refractivity contribution in [1.82, 2.24) is 29.7 Å². The van der Waals surface area contributed by atoms with Crippen molar-refractivity contribution in [3.8, 4) is 17.3 Å². The molecule has 1 saturated heterocycles. The molecule has 0 spiro atoms. The van der Waals surface area contributed by atoms with Gasteiger partial charge in [0.2, 0.25) is 0 Å². The number of benzene rings is 1. The Labute approximate surface area is 206 Å². The molecule has 4 aromatic heterocycles. The van der Waals surface area contributed by atoms with Crippen LogP contribution in [-0.4, -0.2) is 55.9 Å². The van der Waals surface area contributed by atoms with Crippen LogP contribution in [0.1, 0.15) is 25.5 Å². The molecule has 11 heteroatoms. The van der Waals surface area contributed by atoms with Gasteiger partial charge < -0.3 is 20.0 Å². The molecule has 0 aliphatic carbocycles. The van der Waals surface area contributed by atoms with Gasteiger partial charge >= 0.3 is 0 Å². The van der Waals surface area contributed by atoms with Crippen LogP contribution in [0, 0.1) is 11.3 Å². The summed E-state index contributed by atoms with van der Waals surface area (Å²) in [6, 6.07) is 11.8. The van der Waals surface area contributed by atoms with Crippen LogP contribution in [0.15, 0.2) is 47.3 Å². The van der Waals surface area contributed by atoms with Crippen LogP contribution in [0.5, 0.6) is 0 Å². The number of nitriles is 1. The molecule has 0 unspecified atom stereocenters. The van der Waals surface area contributed by atoms with E-state index in [9.17, 15) is 5.26 Å². The predicted molar refractivity (Wildman–Crippen MR) is 137 cm³/mol. The highest BCUT2D eigenvalue weighted by atomic mass is 16.4. The van der Waals surface area contributed by atoms with Crippen molar-refractivity contribution in [3.63, 3.8) is 0 Å². The van der Waals surface area contributed by atoms with Crippen molar-refractivity contribution in [2.45, 2.75) is 19.9 Å². The van der Waals surface area contributed by atoms with Gasteiger partial charge in [0.25, 0.3) is 6.01 Å². The third-order valence-corrected chi connectivity index (χ3v) is 6.42. The van der Waals surface area contributed by atoms with E-state index in [1.54, 1.807) is 24.7 Å². The molecule has 1 aliphatic rings. The normalized spacial score (nSPS) is 14.2. The van der Waals surface area contributed by atoms with E-state index in [1.165, 1.54) is 0 Å². The zero-order valence-corrected chi connectivity index (χ0v) is 20.0. The number of nitrogens with zero attached hydrogens (tertiary/aromatic N) is 9. The maximum atomic E-state index is 9.48. The average molecular weight is 481 g/mol. The largest absolute Gasteiger partial charge is 0.424 e. The van der Waals surface area contributed by atoms with E-state index in [2.05, 4.69) is 44.7 Å². The number of hydrogen-bond donors (Lipinski definition) is 1. The smallest absolute Gasteiger partial charge is 0.292 e. The number of nitrogens with two attached hydrogens (primary N) is 1. The summed E-state index contributed by atoms with van der Waals surface area (Å²) >= 11 is 0. The summed E-state index contributed by atoms with van der Waals surface area (Å²) in [5, 5.41) is 15.3. The first-order valence-electron chi connectivity index (χ1n) is 11.8. The van der Waals surface area contributed by atoms with Gasteiger partial charge in [0.15, 0.2) is 11.2 Å². The number of nitrogen functional groups attached to an aromatic ring is 1. The summed E-state index contributed by atoms with van der Waals surface area (Å²) in [6.45, 7) is 7.04. The third kappa shape index (κ3) is 3.54. The average Bonchev–Trinajstić information content (AvgIpc) is 3.48. The number of anilines is 3. The van der Waals surface area contributed by atoms with Crippen LogP contribution in [0.4, 0.5) is 17.7 Å². The number of fused-ring (bicyclic) bond motifs is 2. The van der Waals surface area contributed by atoms with Crippen LogP contribution in [0.2, 0.25) is 0 Å². The molecule has 180 valence electrons. The maximum Gasteiger partial charge on any atom is 0.292 e. The van der Waals surface area contributed by atoms with Crippen molar-refractivity contribution < 1.29 is 4.42 Å². The summed E-state index contributed by atoms with van der Waals surface area (Å²) in [7, 11) is 0. The van der Waals surface area contributed by atoms with E-state index >= 15 is 0 Å². The molecule has 2 N–H and O–H groups in total. The van der Waals surface area contributed by atoms with Gasteiger partial charge in [-0.15, -0.1) is 0 Å². The fourth-order valence-corrected chi connectivity index (χ4v) is 4.72. The van der Waals surface area contributed by atoms with Crippen molar-refractivity contribution in [1.29, 1.82) is 5.26 Å². The molecule has 0 atom stereocenters. The Morgan fingerprint density at radius 2 is 1.81 bits per heavy atom. The lowest BCUT2D eigenvalue weighted by Crippen LogP contribution is -2.47. The minimum atomic E-state index is 0.112. The second-order valence-electron chi connectivity index (χ2n) is 8.98. The second-order valence-corrected chi connectivity index (χ2v) is 8.98. The summed E-state index contributed by atoms with van der Waals surface area (Å²) in [5.41, 5.74) is 10.1. The number of aromatic nitrogens is 6. The fourth-order valence-electron chi connectivity index (χ4n) is 4.72. The minimum absolute atomic E-state index is 0.112. The first-order valence-corrected chi connectivity index (χ1v) is 11.8. The van der Waals surface area contributed by atoms with Gasteiger partial charge in [-0.1, -0.05) is 0 Å². The highest BCUT2D eigenvalue weighted by molar-refractivity contribution is 6.00. The molecule has 36 heavy (non-hydrogen) atoms. The molecule has 11 nitrogen and oxygen atoms in total. The van der Waals surface area contributed by atoms with E-state index in [0.29, 0.717) is 16.7 Å². The van der Waals surface area contributed by atoms with Gasteiger partial charge in [0.05, 0.1) is 10.9 Å². The molecule has 0 amide bonds. The Kier molecular flexibility index (Phi) is 5.14. The van der Waals surface area contributed by atoms with E-state index in [-0.39, 0.29) is 12.1 Å². The van der Waals surface area contributed by atoms with Gasteiger partial charge in [0.1, 0.15) is 35.2 Å². The molecule has 0 radical (unpaired) electrons. The highest BCUT2D eigenvalue weighted by Gasteiger charge is 2.26. The third-order valence-electron chi connectivity index (χ3n) is 6.42. The lowest BCUT2D eigenvalue weighted by molar-refractivity contribution is 0.548. The van der Waals surface area contributed by atoms with E-state index in [0.717, 1.165) is 60.1 Å². The van der Waals surface area contributed by atoms with Gasteiger partial charge in [-0.2, -0.15) is 15.3 Å². The van der Waals surface area contributed by atoms with Crippen molar-refractivity contribution in [2.75, 3.05) is 41.7 Å². The van der Waals surface area contributed by atoms with Gasteiger partial charge in [-0.05, 0) is 44.2 Å². The summed E-state index contributed by atoms with van der Waals surface area (Å²) in [5.74, 6) is 1.56. The molecular formula is C25H24N10O. The van der Waals surface area contributed by atoms with Crippen LogP contribution >= 0.6 is 0 Å². The Morgan fingerprint density at radius 1 is 1.03 bits per heavy atom. The molecule has 5 heterocycles. The Morgan fingerprint density at radius 3 is 2.56 bits per heavy atom. The SMILES string of the molecule is CC(C)n1nc(-c2ccc3oc(N)nc3c2)c2c(N3CCN(c4ncccc4C#N)CC3)ncnc21. The molecule has 1 fully saturated rings.